The van der Waals surface area contributed by atoms with Gasteiger partial charge in [0.2, 0.25) is 0 Å². The molecule has 0 aromatic carbocycles. The molecule has 1 aliphatic carbocycles. The molecule has 0 unspecified atom stereocenters. The minimum absolute atomic E-state index is 0.382. The van der Waals surface area contributed by atoms with Gasteiger partial charge in [-0.3, -0.25) is 9.88 Å². The first-order valence-corrected chi connectivity index (χ1v) is 8.25. The van der Waals surface area contributed by atoms with Crippen molar-refractivity contribution in [3.8, 4) is 0 Å². The summed E-state index contributed by atoms with van der Waals surface area (Å²) in [7, 11) is 0. The summed E-state index contributed by atoms with van der Waals surface area (Å²) in [5.74, 6) is 0.633. The van der Waals surface area contributed by atoms with Crippen molar-refractivity contribution in [2.75, 3.05) is 13.2 Å². The van der Waals surface area contributed by atoms with Crippen molar-refractivity contribution in [3.63, 3.8) is 0 Å². The molecule has 0 amide bonds. The molecule has 0 bridgehead atoms. The summed E-state index contributed by atoms with van der Waals surface area (Å²) in [6.07, 6.45) is 11.0. The molecule has 2 aromatic heterocycles. The minimum Gasteiger partial charge on any atom is -0.375 e. The monoisotopic (exact) mass is 297 g/mol. The van der Waals surface area contributed by atoms with E-state index in [1.807, 2.05) is 18.5 Å². The third-order valence-corrected chi connectivity index (χ3v) is 5.05. The average molecular weight is 297 g/mol. The predicted molar refractivity (Wildman–Crippen MR) is 85.3 cm³/mol. The first-order chi connectivity index (χ1) is 10.9. The topological polar surface area (TPSA) is 30.3 Å². The Morgan fingerprint density at radius 3 is 2.91 bits per heavy atom. The molecule has 3 heterocycles. The fourth-order valence-electron chi connectivity index (χ4n) is 4.02. The van der Waals surface area contributed by atoms with Crippen LogP contribution in [0.4, 0.5) is 0 Å². The zero-order valence-corrected chi connectivity index (χ0v) is 12.8. The number of aromatic nitrogens is 2. The largest absolute Gasteiger partial charge is 0.375 e. The number of fused-ring (bicyclic) bond motifs is 1. The van der Waals surface area contributed by atoms with E-state index in [-0.39, 0.29) is 0 Å². The van der Waals surface area contributed by atoms with Crippen LogP contribution in [0.15, 0.2) is 49.1 Å². The Balaban J connectivity index is 1.44. The number of hydrogen-bond donors (Lipinski definition) is 0. The highest BCUT2D eigenvalue weighted by atomic mass is 16.5. The van der Waals surface area contributed by atoms with Crippen LogP contribution in [0.5, 0.6) is 0 Å². The van der Waals surface area contributed by atoms with Crippen LogP contribution < -0.4 is 0 Å². The van der Waals surface area contributed by atoms with Crippen molar-refractivity contribution >= 4 is 0 Å². The molecular formula is C18H23N3O. The number of morpholine rings is 1. The Labute approximate surface area is 131 Å². The Kier molecular flexibility index (Phi) is 3.95. The molecule has 2 aliphatic rings. The van der Waals surface area contributed by atoms with Crippen molar-refractivity contribution in [2.24, 2.45) is 5.92 Å². The van der Waals surface area contributed by atoms with Crippen LogP contribution in [-0.4, -0.2) is 39.7 Å². The molecule has 22 heavy (non-hydrogen) atoms. The lowest BCUT2D eigenvalue weighted by atomic mass is 10.0. The molecule has 1 aliphatic heterocycles. The molecule has 0 radical (unpaired) electrons. The molecule has 4 nitrogen and oxygen atoms in total. The Morgan fingerprint density at radius 2 is 2.09 bits per heavy atom. The summed E-state index contributed by atoms with van der Waals surface area (Å²) < 4.78 is 8.45. The molecule has 0 spiro atoms. The molecule has 4 heteroatoms. The van der Waals surface area contributed by atoms with E-state index in [2.05, 4.69) is 45.0 Å². The van der Waals surface area contributed by atoms with E-state index in [4.69, 9.17) is 4.74 Å². The molecule has 2 fully saturated rings. The summed E-state index contributed by atoms with van der Waals surface area (Å²) in [5, 5.41) is 0. The smallest absolute Gasteiger partial charge is 0.0776 e. The van der Waals surface area contributed by atoms with Crippen LogP contribution in [0.3, 0.4) is 0 Å². The van der Waals surface area contributed by atoms with E-state index >= 15 is 0 Å². The Bertz CT molecular complexity index is 584. The zero-order chi connectivity index (χ0) is 14.8. The van der Waals surface area contributed by atoms with Gasteiger partial charge in [0.05, 0.1) is 12.7 Å². The first kappa shape index (κ1) is 14.0. The molecule has 1 saturated heterocycles. The maximum absolute atomic E-state index is 6.16. The van der Waals surface area contributed by atoms with E-state index in [9.17, 15) is 0 Å². The lowest BCUT2D eigenvalue weighted by molar-refractivity contribution is -0.0786. The summed E-state index contributed by atoms with van der Waals surface area (Å²) >= 11 is 0. The maximum atomic E-state index is 6.16. The Hall–Kier alpha value is -1.65. The summed E-state index contributed by atoms with van der Waals surface area (Å²) in [5.41, 5.74) is 1.30. The number of ether oxygens (including phenoxy) is 1. The first-order valence-electron chi connectivity index (χ1n) is 8.25. The normalized spacial score (nSPS) is 28.6. The second kappa shape index (κ2) is 6.23. The molecule has 4 rings (SSSR count). The number of hydrogen-bond acceptors (Lipinski definition) is 3. The molecule has 116 valence electrons. The highest BCUT2D eigenvalue weighted by molar-refractivity contribution is 5.09. The van der Waals surface area contributed by atoms with Gasteiger partial charge in [-0.25, -0.2) is 0 Å². The van der Waals surface area contributed by atoms with Crippen LogP contribution in [0.1, 0.15) is 18.4 Å². The van der Waals surface area contributed by atoms with Gasteiger partial charge in [-0.05, 0) is 36.6 Å². The minimum atomic E-state index is 0.382. The van der Waals surface area contributed by atoms with Crippen molar-refractivity contribution in [2.45, 2.75) is 38.1 Å². The van der Waals surface area contributed by atoms with Gasteiger partial charge < -0.3 is 9.30 Å². The third kappa shape index (κ3) is 2.81. The molecule has 1 saturated carbocycles. The van der Waals surface area contributed by atoms with Gasteiger partial charge in [-0.15, -0.1) is 0 Å². The van der Waals surface area contributed by atoms with Gasteiger partial charge in [0, 0.05) is 56.4 Å². The van der Waals surface area contributed by atoms with Gasteiger partial charge in [-0.2, -0.15) is 0 Å². The standard InChI is InChI=1S/C18H23N3O/c1-2-9-20(8-1)14-16-5-6-17-18(16)22-11-10-21(17)13-15-4-3-7-19-12-15/h1-4,7-9,12,16-18H,5-6,10-11,13-14H2/t16-,17-,18-/m0/s1. The quantitative estimate of drug-likeness (QED) is 0.869. The lowest BCUT2D eigenvalue weighted by Crippen LogP contribution is -2.50. The van der Waals surface area contributed by atoms with E-state index in [0.717, 1.165) is 26.2 Å². The number of nitrogens with zero attached hydrogens (tertiary/aromatic N) is 3. The molecule has 2 aromatic rings. The van der Waals surface area contributed by atoms with Crippen molar-refractivity contribution in [1.29, 1.82) is 0 Å². The SMILES string of the molecule is c1cncc(CN2CCO[C@H]3[C@H](Cn4cccc4)CC[C@@H]32)c1. The highest BCUT2D eigenvalue weighted by Crippen LogP contribution is 2.36. The van der Waals surface area contributed by atoms with Gasteiger partial charge in [-0.1, -0.05) is 6.07 Å². The second-order valence-corrected chi connectivity index (χ2v) is 6.45. The van der Waals surface area contributed by atoms with Crippen molar-refractivity contribution < 1.29 is 4.74 Å². The predicted octanol–water partition coefficient (Wildman–Crippen LogP) is 2.56. The maximum Gasteiger partial charge on any atom is 0.0776 e. The fourth-order valence-corrected chi connectivity index (χ4v) is 4.02. The van der Waals surface area contributed by atoms with Crippen LogP contribution >= 0.6 is 0 Å². The van der Waals surface area contributed by atoms with Crippen molar-refractivity contribution in [3.05, 3.63) is 54.6 Å². The molecule has 3 atom stereocenters. The van der Waals surface area contributed by atoms with Crippen LogP contribution in [0.2, 0.25) is 0 Å². The van der Waals surface area contributed by atoms with Crippen LogP contribution in [-0.2, 0) is 17.8 Å². The fraction of sp³-hybridized carbons (Fsp3) is 0.500. The lowest BCUT2D eigenvalue weighted by Gasteiger charge is -2.39. The van der Waals surface area contributed by atoms with E-state index < -0.39 is 0 Å². The summed E-state index contributed by atoms with van der Waals surface area (Å²) in [6, 6.07) is 8.96. The average Bonchev–Trinajstić information content (AvgIpc) is 3.20. The van der Waals surface area contributed by atoms with Gasteiger partial charge >= 0.3 is 0 Å². The summed E-state index contributed by atoms with van der Waals surface area (Å²) in [6.45, 7) is 3.96. The molecule has 0 N–H and O–H groups in total. The second-order valence-electron chi connectivity index (χ2n) is 6.45. The number of rotatable bonds is 4. The van der Waals surface area contributed by atoms with Gasteiger partial charge in [0.15, 0.2) is 0 Å². The van der Waals surface area contributed by atoms with Crippen LogP contribution in [0, 0.1) is 5.92 Å². The molecular weight excluding hydrogens is 274 g/mol. The zero-order valence-electron chi connectivity index (χ0n) is 12.8. The number of pyridine rings is 1. The third-order valence-electron chi connectivity index (χ3n) is 5.05. The van der Waals surface area contributed by atoms with Crippen LogP contribution in [0.25, 0.3) is 0 Å². The summed E-state index contributed by atoms with van der Waals surface area (Å²) in [4.78, 5) is 6.84. The van der Waals surface area contributed by atoms with E-state index in [1.165, 1.54) is 18.4 Å². The Morgan fingerprint density at radius 1 is 1.18 bits per heavy atom. The highest BCUT2D eigenvalue weighted by Gasteiger charge is 2.42. The van der Waals surface area contributed by atoms with E-state index in [0.29, 0.717) is 18.1 Å². The van der Waals surface area contributed by atoms with E-state index in [1.54, 1.807) is 0 Å². The van der Waals surface area contributed by atoms with Gasteiger partial charge in [0.25, 0.3) is 0 Å². The van der Waals surface area contributed by atoms with Crippen molar-refractivity contribution in [1.82, 2.24) is 14.5 Å². The van der Waals surface area contributed by atoms with Gasteiger partial charge in [0.1, 0.15) is 0 Å².